The van der Waals surface area contributed by atoms with E-state index in [9.17, 15) is 4.79 Å². The number of piperidine rings is 1. The monoisotopic (exact) mass is 278 g/mol. The summed E-state index contributed by atoms with van der Waals surface area (Å²) in [5.74, 6) is 7.06. The molecule has 110 valence electrons. The summed E-state index contributed by atoms with van der Waals surface area (Å²) in [4.78, 5) is 22.6. The number of nitrogen functional groups attached to an aromatic ring is 1. The highest BCUT2D eigenvalue weighted by atomic mass is 16.1. The SMILES string of the molecule is CNC(=O)C1CCN(Cc2nc(C)cc(NN)n2)CC1. The smallest absolute Gasteiger partial charge is 0.222 e. The van der Waals surface area contributed by atoms with Crippen LogP contribution < -0.4 is 16.6 Å². The van der Waals surface area contributed by atoms with Crippen LogP contribution in [-0.2, 0) is 11.3 Å². The molecule has 0 unspecified atom stereocenters. The van der Waals surface area contributed by atoms with Gasteiger partial charge in [0, 0.05) is 24.7 Å². The van der Waals surface area contributed by atoms with Crippen molar-refractivity contribution >= 4 is 11.7 Å². The lowest BCUT2D eigenvalue weighted by Crippen LogP contribution is -2.39. The van der Waals surface area contributed by atoms with Crippen LogP contribution >= 0.6 is 0 Å². The van der Waals surface area contributed by atoms with E-state index < -0.39 is 0 Å². The van der Waals surface area contributed by atoms with Gasteiger partial charge in [0.15, 0.2) is 0 Å². The van der Waals surface area contributed by atoms with Gasteiger partial charge in [0.1, 0.15) is 11.6 Å². The van der Waals surface area contributed by atoms with Gasteiger partial charge in [-0.15, -0.1) is 0 Å². The Hall–Kier alpha value is -1.73. The highest BCUT2D eigenvalue weighted by Gasteiger charge is 2.24. The van der Waals surface area contributed by atoms with Gasteiger partial charge in [-0.3, -0.25) is 9.69 Å². The molecular formula is C13H22N6O. The topological polar surface area (TPSA) is 96.2 Å². The molecule has 2 rings (SSSR count). The molecule has 0 spiro atoms. The fourth-order valence-electron chi connectivity index (χ4n) is 2.53. The first kappa shape index (κ1) is 14.7. The molecule has 20 heavy (non-hydrogen) atoms. The number of amides is 1. The summed E-state index contributed by atoms with van der Waals surface area (Å²) < 4.78 is 0. The normalized spacial score (nSPS) is 16.9. The van der Waals surface area contributed by atoms with Gasteiger partial charge in [0.25, 0.3) is 0 Å². The van der Waals surface area contributed by atoms with Crippen molar-refractivity contribution < 1.29 is 4.79 Å². The quantitative estimate of drug-likeness (QED) is 0.531. The molecule has 0 saturated carbocycles. The molecule has 1 aliphatic rings. The lowest BCUT2D eigenvalue weighted by atomic mass is 9.96. The largest absolute Gasteiger partial charge is 0.359 e. The van der Waals surface area contributed by atoms with Crippen molar-refractivity contribution in [3.63, 3.8) is 0 Å². The van der Waals surface area contributed by atoms with Crippen LogP contribution in [0.4, 0.5) is 5.82 Å². The van der Waals surface area contributed by atoms with Crippen LogP contribution in [0.15, 0.2) is 6.07 Å². The summed E-state index contributed by atoms with van der Waals surface area (Å²) in [5, 5.41) is 2.72. The summed E-state index contributed by atoms with van der Waals surface area (Å²) in [6.07, 6.45) is 1.76. The highest BCUT2D eigenvalue weighted by Crippen LogP contribution is 2.18. The zero-order valence-electron chi connectivity index (χ0n) is 12.0. The van der Waals surface area contributed by atoms with E-state index in [-0.39, 0.29) is 11.8 Å². The van der Waals surface area contributed by atoms with E-state index in [4.69, 9.17) is 5.84 Å². The van der Waals surface area contributed by atoms with E-state index in [1.165, 1.54) is 0 Å². The van der Waals surface area contributed by atoms with Crippen LogP contribution in [0.2, 0.25) is 0 Å². The van der Waals surface area contributed by atoms with Gasteiger partial charge < -0.3 is 10.7 Å². The van der Waals surface area contributed by atoms with Crippen molar-refractivity contribution in [1.82, 2.24) is 20.2 Å². The van der Waals surface area contributed by atoms with Crippen molar-refractivity contribution in [3.8, 4) is 0 Å². The molecule has 0 atom stereocenters. The minimum Gasteiger partial charge on any atom is -0.359 e. The molecule has 0 radical (unpaired) electrons. The molecule has 1 fully saturated rings. The van der Waals surface area contributed by atoms with Gasteiger partial charge in [0.2, 0.25) is 5.91 Å². The standard InChI is InChI=1S/C13H22N6O/c1-9-7-11(18-14)17-12(16-9)8-19-5-3-10(4-6-19)13(20)15-2/h7,10H,3-6,8,14H2,1-2H3,(H,15,20)(H,16,17,18). The van der Waals surface area contributed by atoms with Crippen LogP contribution in [0.1, 0.15) is 24.4 Å². The highest BCUT2D eigenvalue weighted by molar-refractivity contribution is 5.78. The van der Waals surface area contributed by atoms with E-state index in [0.717, 1.165) is 37.4 Å². The summed E-state index contributed by atoms with van der Waals surface area (Å²) >= 11 is 0. The fraction of sp³-hybridized carbons (Fsp3) is 0.615. The van der Waals surface area contributed by atoms with Gasteiger partial charge in [-0.2, -0.15) is 0 Å². The Morgan fingerprint density at radius 3 is 2.75 bits per heavy atom. The number of anilines is 1. The minimum atomic E-state index is 0.135. The first-order valence-corrected chi connectivity index (χ1v) is 6.87. The third-order valence-corrected chi connectivity index (χ3v) is 3.62. The molecule has 7 nitrogen and oxygen atoms in total. The molecule has 0 bridgehead atoms. The second kappa shape index (κ2) is 6.62. The molecule has 7 heteroatoms. The predicted octanol–water partition coefficient (Wildman–Crippen LogP) is 0.0286. The van der Waals surface area contributed by atoms with Crippen molar-refractivity contribution in [2.45, 2.75) is 26.3 Å². The second-order valence-corrected chi connectivity index (χ2v) is 5.12. The Balaban J connectivity index is 1.92. The molecule has 1 aliphatic heterocycles. The third-order valence-electron chi connectivity index (χ3n) is 3.62. The lowest BCUT2D eigenvalue weighted by Gasteiger charge is -2.30. The minimum absolute atomic E-state index is 0.135. The van der Waals surface area contributed by atoms with E-state index in [1.54, 1.807) is 13.1 Å². The number of carbonyl (C=O) groups is 1. The predicted molar refractivity (Wildman–Crippen MR) is 76.6 cm³/mol. The zero-order valence-corrected chi connectivity index (χ0v) is 12.0. The number of aromatic nitrogens is 2. The maximum absolute atomic E-state index is 11.6. The lowest BCUT2D eigenvalue weighted by molar-refractivity contribution is -0.125. The van der Waals surface area contributed by atoms with Crippen molar-refractivity contribution in [3.05, 3.63) is 17.6 Å². The van der Waals surface area contributed by atoms with Gasteiger partial charge in [-0.05, 0) is 32.9 Å². The Morgan fingerprint density at radius 2 is 2.15 bits per heavy atom. The number of hydrogen-bond donors (Lipinski definition) is 3. The van der Waals surface area contributed by atoms with Crippen molar-refractivity contribution in [1.29, 1.82) is 0 Å². The Bertz CT molecular complexity index is 470. The number of hydrogen-bond acceptors (Lipinski definition) is 6. The molecule has 1 saturated heterocycles. The Kier molecular flexibility index (Phi) is 4.86. The molecule has 1 amide bonds. The molecule has 4 N–H and O–H groups in total. The number of rotatable bonds is 4. The van der Waals surface area contributed by atoms with Gasteiger partial charge in [0.05, 0.1) is 6.54 Å². The Morgan fingerprint density at radius 1 is 1.45 bits per heavy atom. The van der Waals surface area contributed by atoms with Crippen LogP contribution in [0.25, 0.3) is 0 Å². The molecule has 2 heterocycles. The number of nitrogens with zero attached hydrogens (tertiary/aromatic N) is 3. The van der Waals surface area contributed by atoms with E-state index in [2.05, 4.69) is 25.6 Å². The maximum Gasteiger partial charge on any atom is 0.222 e. The summed E-state index contributed by atoms with van der Waals surface area (Å²) in [6, 6.07) is 1.81. The van der Waals surface area contributed by atoms with Crippen LogP contribution in [0.3, 0.4) is 0 Å². The Labute approximate surface area is 118 Å². The number of nitrogens with two attached hydrogens (primary N) is 1. The van der Waals surface area contributed by atoms with E-state index in [1.807, 2.05) is 6.92 Å². The van der Waals surface area contributed by atoms with E-state index in [0.29, 0.717) is 12.4 Å². The maximum atomic E-state index is 11.6. The van der Waals surface area contributed by atoms with E-state index >= 15 is 0 Å². The zero-order chi connectivity index (χ0) is 14.5. The number of likely N-dealkylation sites (tertiary alicyclic amines) is 1. The van der Waals surface area contributed by atoms with Crippen LogP contribution in [-0.4, -0.2) is 40.9 Å². The van der Waals surface area contributed by atoms with Gasteiger partial charge >= 0.3 is 0 Å². The molecule has 0 aliphatic carbocycles. The molecular weight excluding hydrogens is 256 g/mol. The molecule has 1 aromatic rings. The van der Waals surface area contributed by atoms with Crippen molar-refractivity contribution in [2.75, 3.05) is 25.6 Å². The second-order valence-electron chi connectivity index (χ2n) is 5.12. The number of aryl methyl sites for hydroxylation is 1. The first-order valence-electron chi connectivity index (χ1n) is 6.87. The molecule has 1 aromatic heterocycles. The number of hydrazine groups is 1. The average molecular weight is 278 g/mol. The van der Waals surface area contributed by atoms with Gasteiger partial charge in [-0.1, -0.05) is 0 Å². The van der Waals surface area contributed by atoms with Crippen LogP contribution in [0, 0.1) is 12.8 Å². The summed E-state index contributed by atoms with van der Waals surface area (Å²) in [5.41, 5.74) is 3.44. The average Bonchev–Trinajstić information content (AvgIpc) is 2.46. The van der Waals surface area contributed by atoms with Crippen LogP contribution in [0.5, 0.6) is 0 Å². The number of carbonyl (C=O) groups excluding carboxylic acids is 1. The first-order chi connectivity index (χ1) is 9.62. The molecule has 0 aromatic carbocycles. The van der Waals surface area contributed by atoms with Crippen molar-refractivity contribution in [2.24, 2.45) is 11.8 Å². The number of nitrogens with one attached hydrogen (secondary N) is 2. The van der Waals surface area contributed by atoms with Gasteiger partial charge in [-0.25, -0.2) is 15.8 Å². The third kappa shape index (κ3) is 3.64. The fourth-order valence-corrected chi connectivity index (χ4v) is 2.53. The summed E-state index contributed by atoms with van der Waals surface area (Å²) in [7, 11) is 1.69. The summed E-state index contributed by atoms with van der Waals surface area (Å²) in [6.45, 7) is 4.39.